The minimum atomic E-state index is 0.510. The van der Waals surface area contributed by atoms with Crippen molar-refractivity contribution in [3.05, 3.63) is 0 Å². The number of nitrogens with two attached hydrogens (primary N) is 2. The number of piperidine rings is 2. The summed E-state index contributed by atoms with van der Waals surface area (Å²) in [5, 5.41) is 7.36. The van der Waals surface area contributed by atoms with Crippen LogP contribution in [0.5, 0.6) is 0 Å². The normalized spacial score (nSPS) is 29.6. The number of hydrogen-bond donors (Lipinski definition) is 3. The van der Waals surface area contributed by atoms with Crippen LogP contribution in [0.25, 0.3) is 0 Å². The van der Waals surface area contributed by atoms with Crippen molar-refractivity contribution in [1.29, 1.82) is 0 Å². The topological polar surface area (TPSA) is 73.8 Å². The van der Waals surface area contributed by atoms with Gasteiger partial charge in [-0.1, -0.05) is 13.8 Å². The number of nitrogens with zero attached hydrogens (tertiary/aromatic N) is 3. The van der Waals surface area contributed by atoms with Crippen molar-refractivity contribution in [2.24, 2.45) is 11.7 Å². The molecule has 136 valence electrons. The Morgan fingerprint density at radius 1 is 0.739 bits per heavy atom. The van der Waals surface area contributed by atoms with Crippen LogP contribution in [0, 0.1) is 0 Å². The number of nitrogens with one attached hydrogen (secondary N) is 1. The molecule has 0 saturated carbocycles. The van der Waals surface area contributed by atoms with E-state index in [9.17, 15) is 0 Å². The lowest BCUT2D eigenvalue weighted by Crippen LogP contribution is -2.63. The molecule has 0 aromatic rings. The minimum Gasteiger partial charge on any atom is -0.311 e. The molecule has 6 heteroatoms. The van der Waals surface area contributed by atoms with Crippen molar-refractivity contribution in [1.82, 2.24) is 20.2 Å². The van der Waals surface area contributed by atoms with E-state index in [2.05, 4.69) is 17.3 Å². The molecule has 4 aliphatic rings. The zero-order chi connectivity index (χ0) is 16.9. The first-order chi connectivity index (χ1) is 11.0. The summed E-state index contributed by atoms with van der Waals surface area (Å²) in [7, 11) is 2.23. The predicted octanol–water partition coefficient (Wildman–Crippen LogP) is 0.744. The van der Waals surface area contributed by atoms with Gasteiger partial charge >= 0.3 is 0 Å². The zero-order valence-electron chi connectivity index (χ0n) is 15.5. The Labute approximate surface area is 142 Å². The van der Waals surface area contributed by atoms with Crippen LogP contribution in [-0.4, -0.2) is 72.3 Å². The highest BCUT2D eigenvalue weighted by Gasteiger charge is 2.43. The SMILES string of the molecule is CC.CN1CCC12CCN(N)CC2.NN1CCC2(CCN2)CC1. The van der Waals surface area contributed by atoms with E-state index in [4.69, 9.17) is 11.7 Å². The molecule has 0 amide bonds. The van der Waals surface area contributed by atoms with Crippen LogP contribution in [0.1, 0.15) is 52.4 Å². The molecular formula is C17H38N6. The molecule has 4 saturated heterocycles. The summed E-state index contributed by atoms with van der Waals surface area (Å²) in [6.07, 6.45) is 7.76. The largest absolute Gasteiger partial charge is 0.311 e. The second-order valence-corrected chi connectivity index (χ2v) is 7.42. The summed E-state index contributed by atoms with van der Waals surface area (Å²) < 4.78 is 0. The number of rotatable bonds is 0. The van der Waals surface area contributed by atoms with E-state index in [-0.39, 0.29) is 0 Å². The van der Waals surface area contributed by atoms with Crippen LogP contribution in [0.4, 0.5) is 0 Å². The predicted molar refractivity (Wildman–Crippen MR) is 96.7 cm³/mol. The monoisotopic (exact) mass is 326 g/mol. The zero-order valence-corrected chi connectivity index (χ0v) is 15.5. The van der Waals surface area contributed by atoms with Crippen molar-refractivity contribution in [3.8, 4) is 0 Å². The van der Waals surface area contributed by atoms with Gasteiger partial charge in [0.05, 0.1) is 0 Å². The first kappa shape index (κ1) is 19.1. The standard InChI is InChI=1S/C8H17N3.C7H15N3.C2H6/c1-10-5-2-8(10)3-6-11(9)7-4-8;8-10-5-2-7(3-6-10)1-4-9-7;1-2/h2-7,9H2,1H3;9H,1-6,8H2;1-2H3. The maximum absolute atomic E-state index is 5.69. The fraction of sp³-hybridized carbons (Fsp3) is 1.00. The van der Waals surface area contributed by atoms with Crippen LogP contribution < -0.4 is 17.0 Å². The highest BCUT2D eigenvalue weighted by Crippen LogP contribution is 2.37. The van der Waals surface area contributed by atoms with Crippen LogP contribution in [-0.2, 0) is 0 Å². The Morgan fingerprint density at radius 2 is 1.17 bits per heavy atom. The fourth-order valence-corrected chi connectivity index (χ4v) is 4.08. The van der Waals surface area contributed by atoms with Crippen LogP contribution >= 0.6 is 0 Å². The molecule has 4 aliphatic heterocycles. The van der Waals surface area contributed by atoms with Gasteiger partial charge in [-0.2, -0.15) is 0 Å². The molecule has 4 fully saturated rings. The van der Waals surface area contributed by atoms with Crippen molar-refractivity contribution >= 4 is 0 Å². The fourth-order valence-electron chi connectivity index (χ4n) is 4.08. The van der Waals surface area contributed by atoms with E-state index in [0.717, 1.165) is 26.2 Å². The third kappa shape index (κ3) is 4.44. The molecule has 4 rings (SSSR count). The summed E-state index contributed by atoms with van der Waals surface area (Å²) in [4.78, 5) is 2.49. The van der Waals surface area contributed by atoms with Gasteiger partial charge in [-0.25, -0.2) is 10.0 Å². The summed E-state index contributed by atoms with van der Waals surface area (Å²) >= 11 is 0. The van der Waals surface area contributed by atoms with E-state index in [1.165, 1.54) is 51.6 Å². The van der Waals surface area contributed by atoms with Crippen LogP contribution in [0.15, 0.2) is 0 Å². The second kappa shape index (κ2) is 8.23. The molecule has 2 spiro atoms. The average Bonchev–Trinajstić information content (AvgIpc) is 2.56. The number of likely N-dealkylation sites (tertiary alicyclic amines) is 1. The van der Waals surface area contributed by atoms with Crippen molar-refractivity contribution < 1.29 is 0 Å². The highest BCUT2D eigenvalue weighted by molar-refractivity contribution is 5.00. The summed E-state index contributed by atoms with van der Waals surface area (Å²) in [5.74, 6) is 11.3. The summed E-state index contributed by atoms with van der Waals surface area (Å²) in [6, 6.07) is 0. The van der Waals surface area contributed by atoms with E-state index in [1.54, 1.807) is 0 Å². The van der Waals surface area contributed by atoms with E-state index < -0.39 is 0 Å². The Kier molecular flexibility index (Phi) is 6.83. The molecule has 0 radical (unpaired) electrons. The second-order valence-electron chi connectivity index (χ2n) is 7.42. The van der Waals surface area contributed by atoms with Crippen molar-refractivity contribution in [3.63, 3.8) is 0 Å². The molecule has 0 unspecified atom stereocenters. The van der Waals surface area contributed by atoms with Crippen molar-refractivity contribution in [2.45, 2.75) is 63.5 Å². The molecule has 0 bridgehead atoms. The number of hydrogen-bond acceptors (Lipinski definition) is 6. The number of hydrazine groups is 2. The van der Waals surface area contributed by atoms with E-state index in [0.29, 0.717) is 11.1 Å². The van der Waals surface area contributed by atoms with Gasteiger partial charge in [-0.05, 0) is 52.1 Å². The Balaban J connectivity index is 0.000000152. The van der Waals surface area contributed by atoms with E-state index >= 15 is 0 Å². The molecule has 0 aliphatic carbocycles. The van der Waals surface area contributed by atoms with Gasteiger partial charge in [0.2, 0.25) is 0 Å². The molecule has 0 aromatic carbocycles. The lowest BCUT2D eigenvalue weighted by molar-refractivity contribution is -0.0396. The molecule has 0 aromatic heterocycles. The van der Waals surface area contributed by atoms with E-state index in [1.807, 2.05) is 23.9 Å². The molecule has 0 atom stereocenters. The average molecular weight is 327 g/mol. The van der Waals surface area contributed by atoms with Crippen LogP contribution in [0.3, 0.4) is 0 Å². The van der Waals surface area contributed by atoms with Gasteiger partial charge in [0.15, 0.2) is 0 Å². The highest BCUT2D eigenvalue weighted by atomic mass is 15.4. The Morgan fingerprint density at radius 3 is 1.48 bits per heavy atom. The lowest BCUT2D eigenvalue weighted by Gasteiger charge is -2.54. The maximum Gasteiger partial charge on any atom is 0.0244 e. The minimum absolute atomic E-state index is 0.510. The first-order valence-corrected chi connectivity index (χ1v) is 9.49. The molecule has 6 nitrogen and oxygen atoms in total. The maximum atomic E-state index is 5.69. The quantitative estimate of drug-likeness (QED) is 0.570. The third-order valence-corrected chi connectivity index (χ3v) is 6.31. The molecular weight excluding hydrogens is 288 g/mol. The molecule has 5 N–H and O–H groups in total. The van der Waals surface area contributed by atoms with Gasteiger partial charge in [-0.15, -0.1) is 0 Å². The Hall–Kier alpha value is -0.240. The van der Waals surface area contributed by atoms with Gasteiger partial charge in [-0.3, -0.25) is 11.7 Å². The smallest absolute Gasteiger partial charge is 0.0244 e. The van der Waals surface area contributed by atoms with Crippen molar-refractivity contribution in [2.75, 3.05) is 46.3 Å². The summed E-state index contributed by atoms with van der Waals surface area (Å²) in [5.41, 5.74) is 1.06. The van der Waals surface area contributed by atoms with Gasteiger partial charge in [0, 0.05) is 43.8 Å². The lowest BCUT2D eigenvalue weighted by atomic mass is 9.77. The van der Waals surface area contributed by atoms with Gasteiger partial charge in [0.1, 0.15) is 0 Å². The Bertz CT molecular complexity index is 339. The molecule has 23 heavy (non-hydrogen) atoms. The third-order valence-electron chi connectivity index (χ3n) is 6.31. The van der Waals surface area contributed by atoms with Crippen LogP contribution in [0.2, 0.25) is 0 Å². The molecule has 4 heterocycles. The van der Waals surface area contributed by atoms with Gasteiger partial charge in [0.25, 0.3) is 0 Å². The summed E-state index contributed by atoms with van der Waals surface area (Å²) in [6.45, 7) is 10.8. The van der Waals surface area contributed by atoms with Gasteiger partial charge < -0.3 is 10.2 Å². The first-order valence-electron chi connectivity index (χ1n) is 9.49.